The van der Waals surface area contributed by atoms with E-state index >= 15 is 0 Å². The fourth-order valence-corrected chi connectivity index (χ4v) is 6.04. The highest BCUT2D eigenvalue weighted by molar-refractivity contribution is 5.78. The Morgan fingerprint density at radius 3 is 2.47 bits per heavy atom. The molecule has 3 aliphatic rings. The maximum Gasteiger partial charge on any atom is 0.296 e. The molecule has 0 amide bonds. The maximum atomic E-state index is 14.3. The molecule has 11 heteroatoms. The monoisotopic (exact) mass is 527 g/mol. The van der Waals surface area contributed by atoms with Gasteiger partial charge in [-0.25, -0.2) is 18.7 Å². The zero-order valence-electron chi connectivity index (χ0n) is 21.5. The summed E-state index contributed by atoms with van der Waals surface area (Å²) in [6.07, 6.45) is 1.89. The molecule has 6 rings (SSSR count). The first kappa shape index (κ1) is 25.5. The molecule has 0 spiro atoms. The van der Waals surface area contributed by atoms with Gasteiger partial charge in [0.2, 0.25) is 5.95 Å². The van der Waals surface area contributed by atoms with E-state index in [1.54, 1.807) is 18.2 Å². The van der Waals surface area contributed by atoms with Gasteiger partial charge in [-0.15, -0.1) is 0 Å². The van der Waals surface area contributed by atoms with E-state index in [9.17, 15) is 8.78 Å². The fraction of sp³-hybridized carbons (Fsp3) is 0.593. The van der Waals surface area contributed by atoms with Crippen LogP contribution in [0.2, 0.25) is 0 Å². The van der Waals surface area contributed by atoms with Crippen molar-refractivity contribution in [3.05, 3.63) is 41.9 Å². The summed E-state index contributed by atoms with van der Waals surface area (Å²) in [6, 6.07) is 9.44. The van der Waals surface area contributed by atoms with Crippen molar-refractivity contribution in [2.45, 2.75) is 56.7 Å². The first-order chi connectivity index (χ1) is 18.6. The van der Waals surface area contributed by atoms with E-state index in [2.05, 4.69) is 14.8 Å². The zero-order chi connectivity index (χ0) is 26.1. The largest absolute Gasteiger partial charge is 0.381 e. The van der Waals surface area contributed by atoms with E-state index in [4.69, 9.17) is 25.2 Å². The highest BCUT2D eigenvalue weighted by Crippen LogP contribution is 2.36. The van der Waals surface area contributed by atoms with Crippen LogP contribution in [0.3, 0.4) is 0 Å². The van der Waals surface area contributed by atoms with Crippen LogP contribution in [-0.4, -0.2) is 82.6 Å². The number of nitrogens with zero attached hydrogens (tertiary/aromatic N) is 6. The third kappa shape index (κ3) is 5.12. The third-order valence-electron chi connectivity index (χ3n) is 7.94. The molecule has 3 aliphatic heterocycles. The van der Waals surface area contributed by atoms with Crippen molar-refractivity contribution in [3.8, 4) is 5.82 Å². The number of para-hydroxylation sites is 2. The van der Waals surface area contributed by atoms with Crippen molar-refractivity contribution in [2.75, 3.05) is 51.0 Å². The number of hydrogen-bond acceptors (Lipinski definition) is 8. The molecule has 0 bridgehead atoms. The number of aromatic nitrogens is 4. The molecule has 0 saturated carbocycles. The van der Waals surface area contributed by atoms with Gasteiger partial charge < -0.3 is 20.1 Å². The van der Waals surface area contributed by atoms with Gasteiger partial charge in [0, 0.05) is 44.5 Å². The predicted octanol–water partition coefficient (Wildman–Crippen LogP) is 3.62. The van der Waals surface area contributed by atoms with Crippen LogP contribution in [-0.2, 0) is 9.47 Å². The molecule has 3 fully saturated rings. The van der Waals surface area contributed by atoms with E-state index in [-0.39, 0.29) is 17.9 Å². The average Bonchev–Trinajstić information content (AvgIpc) is 3.24. The number of hydrogen-bond donors (Lipinski definition) is 1. The summed E-state index contributed by atoms with van der Waals surface area (Å²) in [7, 11) is 0. The Kier molecular flexibility index (Phi) is 7.51. The number of alkyl halides is 2. The number of nitrogens with two attached hydrogens (primary N) is 1. The van der Waals surface area contributed by atoms with Crippen LogP contribution < -0.4 is 10.6 Å². The van der Waals surface area contributed by atoms with Gasteiger partial charge in [-0.1, -0.05) is 12.1 Å². The Morgan fingerprint density at radius 2 is 1.68 bits per heavy atom. The first-order valence-electron chi connectivity index (χ1n) is 13.6. The fourth-order valence-electron chi connectivity index (χ4n) is 6.04. The van der Waals surface area contributed by atoms with Crippen molar-refractivity contribution >= 4 is 17.0 Å². The summed E-state index contributed by atoms with van der Waals surface area (Å²) >= 11 is 0. The molecule has 38 heavy (non-hydrogen) atoms. The highest BCUT2D eigenvalue weighted by atomic mass is 19.3. The van der Waals surface area contributed by atoms with Crippen molar-refractivity contribution in [1.29, 1.82) is 0 Å². The Bertz CT molecular complexity index is 1240. The second-order valence-electron chi connectivity index (χ2n) is 10.4. The SMILES string of the molecule is NC1CCCN(C2CCOCC2)C(c2cc(-n3c(C(F)F)nc4ccccc43)nc(N3CCOCC3)n2)C1. The molecule has 3 saturated heterocycles. The van der Waals surface area contributed by atoms with E-state index in [0.29, 0.717) is 55.1 Å². The molecular formula is C27H35F2N7O2. The number of ether oxygens (including phenoxy) is 2. The molecule has 2 unspecified atom stereocenters. The van der Waals surface area contributed by atoms with E-state index < -0.39 is 6.43 Å². The summed E-state index contributed by atoms with van der Waals surface area (Å²) in [5.74, 6) is 0.622. The molecule has 2 N–H and O–H groups in total. The molecule has 204 valence electrons. The van der Waals surface area contributed by atoms with Gasteiger partial charge in [0.25, 0.3) is 6.43 Å². The quantitative estimate of drug-likeness (QED) is 0.538. The molecule has 1 aromatic carbocycles. The van der Waals surface area contributed by atoms with Crippen LogP contribution in [0.4, 0.5) is 14.7 Å². The van der Waals surface area contributed by atoms with Gasteiger partial charge in [-0.3, -0.25) is 9.47 Å². The van der Waals surface area contributed by atoms with Crippen LogP contribution in [0.1, 0.15) is 56.1 Å². The number of anilines is 1. The molecule has 2 atom stereocenters. The number of likely N-dealkylation sites (tertiary alicyclic amines) is 1. The van der Waals surface area contributed by atoms with Crippen molar-refractivity contribution in [1.82, 2.24) is 24.4 Å². The van der Waals surface area contributed by atoms with Gasteiger partial charge in [-0.05, 0) is 50.8 Å². The standard InChI is InChI=1S/C27H35F2N7O2/c28-25(29)26-31-20-5-1-2-6-22(20)36(26)24-17-21(32-27(33-24)34-10-14-38-15-11-34)23-16-18(30)4-3-9-35(23)19-7-12-37-13-8-19/h1-2,5-6,17-19,23,25H,3-4,7-16,30H2. The van der Waals surface area contributed by atoms with Gasteiger partial charge >= 0.3 is 0 Å². The lowest BCUT2D eigenvalue weighted by Gasteiger charge is -2.39. The molecule has 0 aliphatic carbocycles. The van der Waals surface area contributed by atoms with Crippen LogP contribution in [0.15, 0.2) is 30.3 Å². The minimum absolute atomic E-state index is 0.0399. The van der Waals surface area contributed by atoms with Crippen LogP contribution >= 0.6 is 0 Å². The van der Waals surface area contributed by atoms with E-state index in [0.717, 1.165) is 57.6 Å². The Labute approximate surface area is 220 Å². The lowest BCUT2D eigenvalue weighted by Crippen LogP contribution is -2.43. The normalized spacial score (nSPS) is 24.3. The van der Waals surface area contributed by atoms with Gasteiger partial charge in [-0.2, -0.15) is 4.98 Å². The topological polar surface area (TPSA) is 94.6 Å². The molecule has 3 aromatic rings. The van der Waals surface area contributed by atoms with Gasteiger partial charge in [0.05, 0.1) is 36.0 Å². The number of benzene rings is 1. The lowest BCUT2D eigenvalue weighted by molar-refractivity contribution is 0.0160. The zero-order valence-corrected chi connectivity index (χ0v) is 21.5. The Hall–Kier alpha value is -2.73. The van der Waals surface area contributed by atoms with Crippen molar-refractivity contribution in [3.63, 3.8) is 0 Å². The molecular weight excluding hydrogens is 492 g/mol. The average molecular weight is 528 g/mol. The Balaban J connectivity index is 1.50. The summed E-state index contributed by atoms with van der Waals surface area (Å²) in [4.78, 5) is 18.8. The first-order valence-corrected chi connectivity index (χ1v) is 13.6. The van der Waals surface area contributed by atoms with Crippen molar-refractivity contribution < 1.29 is 18.3 Å². The number of morpholine rings is 1. The second-order valence-corrected chi connectivity index (χ2v) is 10.4. The van der Waals surface area contributed by atoms with E-state index in [1.165, 1.54) is 4.57 Å². The van der Waals surface area contributed by atoms with Crippen LogP contribution in [0.5, 0.6) is 0 Å². The molecule has 9 nitrogen and oxygen atoms in total. The summed E-state index contributed by atoms with van der Waals surface area (Å²) in [5, 5.41) is 0. The summed E-state index contributed by atoms with van der Waals surface area (Å²) in [5.41, 5.74) is 8.49. The summed E-state index contributed by atoms with van der Waals surface area (Å²) in [6.45, 7) is 4.83. The third-order valence-corrected chi connectivity index (χ3v) is 7.94. The summed E-state index contributed by atoms with van der Waals surface area (Å²) < 4.78 is 41.3. The van der Waals surface area contributed by atoms with Gasteiger partial charge in [0.15, 0.2) is 5.82 Å². The number of halogens is 2. The van der Waals surface area contributed by atoms with Crippen molar-refractivity contribution in [2.24, 2.45) is 5.73 Å². The predicted molar refractivity (Wildman–Crippen MR) is 140 cm³/mol. The molecule has 0 radical (unpaired) electrons. The highest BCUT2D eigenvalue weighted by Gasteiger charge is 2.34. The van der Waals surface area contributed by atoms with Crippen LogP contribution in [0, 0.1) is 0 Å². The molecule has 5 heterocycles. The van der Waals surface area contributed by atoms with E-state index in [1.807, 2.05) is 12.1 Å². The number of fused-ring (bicyclic) bond motifs is 1. The molecule has 2 aromatic heterocycles. The second kappa shape index (κ2) is 11.2. The number of imidazole rings is 1. The number of rotatable bonds is 5. The minimum Gasteiger partial charge on any atom is -0.381 e. The minimum atomic E-state index is -2.75. The Morgan fingerprint density at radius 1 is 0.921 bits per heavy atom. The smallest absolute Gasteiger partial charge is 0.296 e. The van der Waals surface area contributed by atoms with Gasteiger partial charge in [0.1, 0.15) is 5.82 Å². The van der Waals surface area contributed by atoms with Crippen LogP contribution in [0.25, 0.3) is 16.9 Å². The maximum absolute atomic E-state index is 14.3. The lowest BCUT2D eigenvalue weighted by atomic mass is 9.99.